The Kier molecular flexibility index (Phi) is 3.65. The molecule has 92 valence electrons. The monoisotopic (exact) mass is 265 g/mol. The minimum Gasteiger partial charge on any atom is -0.229 e. The van der Waals surface area contributed by atoms with Crippen LogP contribution in [0.4, 0.5) is 0 Å². The molecule has 0 N–H and O–H groups in total. The molecular weight excluding hydrogens is 250 g/mol. The zero-order valence-corrected chi connectivity index (χ0v) is 10.8. The molecule has 7 heteroatoms. The van der Waals surface area contributed by atoms with Crippen LogP contribution in [0.2, 0.25) is 0 Å². The first kappa shape index (κ1) is 13.5. The molecule has 0 spiro atoms. The number of hydrogen-bond donors (Lipinski definition) is 0. The van der Waals surface area contributed by atoms with Crippen molar-refractivity contribution < 1.29 is 16.8 Å². The van der Waals surface area contributed by atoms with Crippen LogP contribution in [0.15, 0.2) is 0 Å². The van der Waals surface area contributed by atoms with Gasteiger partial charge >= 0.3 is 0 Å². The van der Waals surface area contributed by atoms with Gasteiger partial charge in [0.1, 0.15) is 9.84 Å². The summed E-state index contributed by atoms with van der Waals surface area (Å²) in [7, 11) is -6.61. The van der Waals surface area contributed by atoms with Crippen molar-refractivity contribution in [3.05, 3.63) is 0 Å². The molecule has 0 heterocycles. The van der Waals surface area contributed by atoms with Crippen molar-refractivity contribution >= 4 is 19.7 Å². The zero-order chi connectivity index (χ0) is 12.4. The van der Waals surface area contributed by atoms with Crippen LogP contribution in [-0.2, 0) is 19.7 Å². The third-order valence-corrected chi connectivity index (χ3v) is 5.78. The second kappa shape index (κ2) is 4.34. The van der Waals surface area contributed by atoms with Gasteiger partial charge in [0.15, 0.2) is 9.84 Å². The average molecular weight is 265 g/mol. The molecule has 1 saturated carbocycles. The van der Waals surface area contributed by atoms with Crippen molar-refractivity contribution in [1.29, 1.82) is 5.26 Å². The Labute approximate surface area is 96.3 Å². The summed E-state index contributed by atoms with van der Waals surface area (Å²) < 4.78 is 45.0. The predicted molar refractivity (Wildman–Crippen MR) is 60.3 cm³/mol. The van der Waals surface area contributed by atoms with Crippen molar-refractivity contribution in [2.75, 3.05) is 23.5 Å². The average Bonchev–Trinajstić information content (AvgIpc) is 2.80. The fourth-order valence-corrected chi connectivity index (χ4v) is 5.23. The summed E-state index contributed by atoms with van der Waals surface area (Å²) in [5.74, 6) is -0.722. The van der Waals surface area contributed by atoms with Gasteiger partial charge in [-0.25, -0.2) is 16.8 Å². The third-order valence-electron chi connectivity index (χ3n) is 2.70. The predicted octanol–water partition coefficient (Wildman–Crippen LogP) is 0.140. The molecule has 0 aromatic heterocycles. The van der Waals surface area contributed by atoms with E-state index >= 15 is 0 Å². The van der Waals surface area contributed by atoms with E-state index < -0.39 is 19.7 Å². The number of nitrogens with zero attached hydrogens (tertiary/aromatic N) is 1. The van der Waals surface area contributed by atoms with Crippen LogP contribution in [-0.4, -0.2) is 40.3 Å². The van der Waals surface area contributed by atoms with Gasteiger partial charge in [0.2, 0.25) is 0 Å². The molecule has 16 heavy (non-hydrogen) atoms. The quantitative estimate of drug-likeness (QED) is 0.681. The molecule has 0 aliphatic heterocycles. The first-order chi connectivity index (χ1) is 7.18. The van der Waals surface area contributed by atoms with E-state index in [2.05, 4.69) is 0 Å². The topological polar surface area (TPSA) is 92.1 Å². The van der Waals surface area contributed by atoms with Crippen LogP contribution in [0.3, 0.4) is 0 Å². The van der Waals surface area contributed by atoms with Crippen LogP contribution >= 0.6 is 0 Å². The maximum Gasteiger partial charge on any atom is 0.151 e. The Morgan fingerprint density at radius 2 is 1.75 bits per heavy atom. The van der Waals surface area contributed by atoms with Gasteiger partial charge in [-0.15, -0.1) is 0 Å². The van der Waals surface area contributed by atoms with E-state index in [4.69, 9.17) is 5.26 Å². The highest BCUT2D eigenvalue weighted by Gasteiger charge is 2.45. The van der Waals surface area contributed by atoms with Gasteiger partial charge in [0, 0.05) is 12.7 Å². The first-order valence-electron chi connectivity index (χ1n) is 4.93. The van der Waals surface area contributed by atoms with E-state index in [0.29, 0.717) is 0 Å². The molecule has 0 amide bonds. The van der Waals surface area contributed by atoms with Gasteiger partial charge in [-0.2, -0.15) is 5.26 Å². The van der Waals surface area contributed by atoms with E-state index in [0.717, 1.165) is 19.1 Å². The summed E-state index contributed by atoms with van der Waals surface area (Å²) in [4.78, 5) is 0. The number of nitriles is 1. The summed E-state index contributed by atoms with van der Waals surface area (Å²) in [5, 5.41) is 8.56. The smallest absolute Gasteiger partial charge is 0.151 e. The minimum absolute atomic E-state index is 0.0525. The summed E-state index contributed by atoms with van der Waals surface area (Å²) in [5.41, 5.74) is -0.384. The standard InChI is InChI=1S/C9H15NO4S2/c1-15(11,12)6-7-16(13,14)8-9(2-3-9)4-5-10/h2-4,6-8H2,1H3. The molecule has 1 fully saturated rings. The Hall–Kier alpha value is -0.610. The molecule has 1 rings (SSSR count). The van der Waals surface area contributed by atoms with E-state index in [1.807, 2.05) is 6.07 Å². The SMILES string of the molecule is CS(=O)(=O)CCS(=O)(=O)CC1(CC#N)CC1. The highest BCUT2D eigenvalue weighted by atomic mass is 32.2. The van der Waals surface area contributed by atoms with Gasteiger partial charge in [-0.3, -0.25) is 0 Å². The highest BCUT2D eigenvalue weighted by Crippen LogP contribution is 2.49. The molecule has 5 nitrogen and oxygen atoms in total. The van der Waals surface area contributed by atoms with Crippen LogP contribution in [0, 0.1) is 16.7 Å². The van der Waals surface area contributed by atoms with Crippen LogP contribution < -0.4 is 0 Å². The second-order valence-electron chi connectivity index (χ2n) is 4.56. The van der Waals surface area contributed by atoms with Crippen molar-refractivity contribution in [3.8, 4) is 6.07 Å². The molecule has 1 aliphatic rings. The van der Waals surface area contributed by atoms with Crippen LogP contribution in [0.5, 0.6) is 0 Å². The van der Waals surface area contributed by atoms with Gasteiger partial charge in [-0.05, 0) is 18.3 Å². The van der Waals surface area contributed by atoms with Gasteiger partial charge < -0.3 is 0 Å². The van der Waals surface area contributed by atoms with E-state index in [1.165, 1.54) is 0 Å². The number of sulfone groups is 2. The lowest BCUT2D eigenvalue weighted by molar-refractivity contribution is 0.548. The number of rotatable bonds is 6. The fourth-order valence-electron chi connectivity index (χ4n) is 1.53. The molecule has 1 aliphatic carbocycles. The summed E-state index contributed by atoms with van der Waals surface area (Å²) >= 11 is 0. The zero-order valence-electron chi connectivity index (χ0n) is 9.14. The molecule has 0 aromatic carbocycles. The van der Waals surface area contributed by atoms with Crippen molar-refractivity contribution in [2.24, 2.45) is 5.41 Å². The maximum atomic E-state index is 11.6. The Bertz CT molecular complexity index is 494. The molecule has 0 atom stereocenters. The summed E-state index contributed by atoms with van der Waals surface area (Å²) in [6.45, 7) is 0. The molecule has 0 unspecified atom stereocenters. The van der Waals surface area contributed by atoms with E-state index in [1.54, 1.807) is 0 Å². The molecular formula is C9H15NO4S2. The van der Waals surface area contributed by atoms with E-state index in [-0.39, 0.29) is 29.1 Å². The minimum atomic E-state index is -3.36. The van der Waals surface area contributed by atoms with Crippen LogP contribution in [0.25, 0.3) is 0 Å². The third kappa shape index (κ3) is 4.49. The Balaban J connectivity index is 2.57. The van der Waals surface area contributed by atoms with Gasteiger partial charge in [0.25, 0.3) is 0 Å². The lowest BCUT2D eigenvalue weighted by Gasteiger charge is -2.10. The summed E-state index contributed by atoms with van der Waals surface area (Å²) in [6.07, 6.45) is 2.76. The maximum absolute atomic E-state index is 11.6. The highest BCUT2D eigenvalue weighted by molar-refractivity contribution is 7.94. The van der Waals surface area contributed by atoms with Crippen molar-refractivity contribution in [2.45, 2.75) is 19.3 Å². The van der Waals surface area contributed by atoms with Crippen molar-refractivity contribution in [1.82, 2.24) is 0 Å². The second-order valence-corrected chi connectivity index (χ2v) is 9.00. The Morgan fingerprint density at radius 1 is 1.19 bits per heavy atom. The fraction of sp³-hybridized carbons (Fsp3) is 0.889. The lowest BCUT2D eigenvalue weighted by atomic mass is 10.1. The lowest BCUT2D eigenvalue weighted by Crippen LogP contribution is -2.23. The van der Waals surface area contributed by atoms with Gasteiger partial charge in [-0.1, -0.05) is 0 Å². The molecule has 0 bridgehead atoms. The first-order valence-corrected chi connectivity index (χ1v) is 8.81. The van der Waals surface area contributed by atoms with Crippen LogP contribution in [0.1, 0.15) is 19.3 Å². The number of hydrogen-bond acceptors (Lipinski definition) is 5. The van der Waals surface area contributed by atoms with E-state index in [9.17, 15) is 16.8 Å². The molecule has 0 radical (unpaired) electrons. The summed E-state index contributed by atoms with van der Waals surface area (Å²) in [6, 6.07) is 1.98. The largest absolute Gasteiger partial charge is 0.229 e. The molecule has 0 saturated heterocycles. The molecule has 0 aromatic rings. The van der Waals surface area contributed by atoms with Gasteiger partial charge in [0.05, 0.1) is 23.3 Å². The normalized spacial score (nSPS) is 19.0. The van der Waals surface area contributed by atoms with Crippen molar-refractivity contribution in [3.63, 3.8) is 0 Å². The Morgan fingerprint density at radius 3 is 2.12 bits per heavy atom.